The molecule has 192 valence electrons. The minimum atomic E-state index is -0.465. The Morgan fingerprint density at radius 2 is 1.60 bits per heavy atom. The Kier molecular flexibility index (Phi) is 5.17. The zero-order valence-corrected chi connectivity index (χ0v) is 23.0. The maximum atomic E-state index is 14.3. The molecule has 0 bridgehead atoms. The van der Waals surface area contributed by atoms with E-state index in [1.807, 2.05) is 0 Å². The Hall–Kier alpha value is -1.63. The van der Waals surface area contributed by atoms with Crippen LogP contribution in [0.1, 0.15) is 106 Å². The van der Waals surface area contributed by atoms with Gasteiger partial charge in [-0.2, -0.15) is 5.26 Å². The van der Waals surface area contributed by atoms with Gasteiger partial charge in [0.25, 0.3) is 0 Å². The van der Waals surface area contributed by atoms with Gasteiger partial charge in [-0.3, -0.25) is 4.79 Å². The predicted molar refractivity (Wildman–Crippen MR) is 136 cm³/mol. The van der Waals surface area contributed by atoms with Gasteiger partial charge in [0.2, 0.25) is 0 Å². The summed E-state index contributed by atoms with van der Waals surface area (Å²) in [6.45, 7) is 15.9. The molecule has 0 spiro atoms. The van der Waals surface area contributed by atoms with Gasteiger partial charge in [-0.05, 0) is 90.8 Å². The number of rotatable bonds is 1. The molecular formula is C31H45NO3. The summed E-state index contributed by atoms with van der Waals surface area (Å²) in [7, 11) is 0. The summed E-state index contributed by atoms with van der Waals surface area (Å²) >= 11 is 0. The van der Waals surface area contributed by atoms with Crippen LogP contribution >= 0.6 is 0 Å². The number of aliphatic hydroxyl groups is 1. The number of hydrogen-bond donors (Lipinski definition) is 1. The van der Waals surface area contributed by atoms with Gasteiger partial charge in [0.1, 0.15) is 17.8 Å². The van der Waals surface area contributed by atoms with Gasteiger partial charge in [-0.1, -0.05) is 48.5 Å². The Balaban J connectivity index is 1.62. The largest absolute Gasteiger partial charge is 0.511 e. The molecule has 0 aliphatic heterocycles. The van der Waals surface area contributed by atoms with Crippen molar-refractivity contribution >= 4 is 12.1 Å². The highest BCUT2D eigenvalue weighted by Gasteiger charge is 2.72. The maximum absolute atomic E-state index is 14.3. The van der Waals surface area contributed by atoms with E-state index in [0.29, 0.717) is 24.2 Å². The van der Waals surface area contributed by atoms with Crippen molar-refractivity contribution in [1.82, 2.24) is 0 Å². The van der Waals surface area contributed by atoms with E-state index >= 15 is 0 Å². The number of aliphatic hydroxyl groups excluding tert-OH is 1. The number of carbonyl (C=O) groups is 2. The van der Waals surface area contributed by atoms with Crippen molar-refractivity contribution in [3.05, 3.63) is 11.3 Å². The molecule has 0 aromatic rings. The molecule has 5 rings (SSSR count). The monoisotopic (exact) mass is 479 g/mol. The van der Waals surface area contributed by atoms with Crippen LogP contribution in [0.4, 0.5) is 0 Å². The van der Waals surface area contributed by atoms with Crippen LogP contribution in [-0.2, 0) is 9.59 Å². The standard InChI is InChI=1S/C31H45NO3/c1-26(2)10-12-31(18-33)13-11-30(7)24(20(31)16-26)21(34)14-23-28(5)15-19(17-32)25(35)27(3,4)22(28)8-9-29(23,30)6/h18,20,22-24,35H,8-16H2,1-7H3/t20-,22-,23+,24-,28-,29+,30+,31+/m0/s1. The first-order valence-electron chi connectivity index (χ1n) is 13.9. The molecule has 5 aliphatic carbocycles. The van der Waals surface area contributed by atoms with Crippen LogP contribution < -0.4 is 0 Å². The van der Waals surface area contributed by atoms with Crippen LogP contribution in [0, 0.1) is 67.5 Å². The van der Waals surface area contributed by atoms with Crippen LogP contribution in [0.2, 0.25) is 0 Å². The lowest BCUT2D eigenvalue weighted by atomic mass is 9.31. The molecule has 4 fully saturated rings. The van der Waals surface area contributed by atoms with Crippen molar-refractivity contribution in [3.63, 3.8) is 0 Å². The molecule has 0 aromatic heterocycles. The zero-order valence-electron chi connectivity index (χ0n) is 23.0. The fourth-order valence-corrected chi connectivity index (χ4v) is 10.9. The quantitative estimate of drug-likeness (QED) is 0.404. The van der Waals surface area contributed by atoms with E-state index in [-0.39, 0.29) is 56.5 Å². The van der Waals surface area contributed by atoms with E-state index < -0.39 is 5.41 Å². The molecule has 35 heavy (non-hydrogen) atoms. The van der Waals surface area contributed by atoms with Gasteiger partial charge in [-0.25, -0.2) is 0 Å². The molecule has 1 N–H and O–H groups in total. The number of Topliss-reactive ketones (excluding diaryl/α,β-unsaturated/α-hetero) is 1. The lowest BCUT2D eigenvalue weighted by Crippen LogP contribution is -2.68. The van der Waals surface area contributed by atoms with Gasteiger partial charge in [-0.15, -0.1) is 0 Å². The zero-order chi connectivity index (χ0) is 25.8. The highest BCUT2D eigenvalue weighted by molar-refractivity contribution is 5.85. The van der Waals surface area contributed by atoms with Crippen LogP contribution in [0.15, 0.2) is 11.3 Å². The molecule has 8 atom stereocenters. The number of nitrogens with zero attached hydrogens (tertiary/aromatic N) is 1. The van der Waals surface area contributed by atoms with Gasteiger partial charge >= 0.3 is 0 Å². The average Bonchev–Trinajstić information content (AvgIpc) is 2.77. The highest BCUT2D eigenvalue weighted by atomic mass is 16.3. The predicted octanol–water partition coefficient (Wildman–Crippen LogP) is 7.19. The molecule has 0 heterocycles. The molecule has 4 nitrogen and oxygen atoms in total. The van der Waals surface area contributed by atoms with Crippen molar-refractivity contribution in [2.75, 3.05) is 0 Å². The molecule has 0 amide bonds. The second-order valence-corrected chi connectivity index (χ2v) is 15.3. The Bertz CT molecular complexity index is 1050. The first-order valence-corrected chi connectivity index (χ1v) is 13.9. The average molecular weight is 480 g/mol. The Morgan fingerprint density at radius 1 is 0.943 bits per heavy atom. The number of fused-ring (bicyclic) bond motifs is 7. The van der Waals surface area contributed by atoms with Crippen LogP contribution in [0.3, 0.4) is 0 Å². The van der Waals surface area contributed by atoms with E-state index in [1.54, 1.807) is 0 Å². The van der Waals surface area contributed by atoms with Crippen molar-refractivity contribution < 1.29 is 14.7 Å². The Morgan fingerprint density at radius 3 is 2.23 bits per heavy atom. The highest BCUT2D eigenvalue weighted by Crippen LogP contribution is 2.76. The number of aldehydes is 1. The molecule has 0 aromatic carbocycles. The summed E-state index contributed by atoms with van der Waals surface area (Å²) < 4.78 is 0. The van der Waals surface area contributed by atoms with E-state index in [1.165, 1.54) is 6.29 Å². The molecule has 0 radical (unpaired) electrons. The Labute approximate surface area is 211 Å². The first-order chi connectivity index (χ1) is 16.1. The topological polar surface area (TPSA) is 78.2 Å². The van der Waals surface area contributed by atoms with Crippen molar-refractivity contribution in [1.29, 1.82) is 5.26 Å². The summed E-state index contributed by atoms with van der Waals surface area (Å²) in [5.74, 6) is 1.12. The van der Waals surface area contributed by atoms with Gasteiger partial charge < -0.3 is 9.90 Å². The molecule has 4 heteroatoms. The molecule has 0 saturated heterocycles. The molecule has 5 aliphatic rings. The molecule has 4 saturated carbocycles. The third-order valence-corrected chi connectivity index (χ3v) is 13.0. The number of allylic oxidation sites excluding steroid dienone is 2. The summed E-state index contributed by atoms with van der Waals surface area (Å²) in [5.41, 5.74) is -0.517. The molecular weight excluding hydrogens is 434 g/mol. The van der Waals surface area contributed by atoms with Crippen molar-refractivity contribution in [2.24, 2.45) is 56.2 Å². The van der Waals surface area contributed by atoms with E-state index in [4.69, 9.17) is 0 Å². The van der Waals surface area contributed by atoms with E-state index in [0.717, 1.165) is 44.9 Å². The fraction of sp³-hybridized carbons (Fsp3) is 0.839. The van der Waals surface area contributed by atoms with Gasteiger partial charge in [0, 0.05) is 23.2 Å². The third kappa shape index (κ3) is 2.96. The number of ketones is 1. The summed E-state index contributed by atoms with van der Waals surface area (Å²) in [4.78, 5) is 26.9. The second-order valence-electron chi connectivity index (χ2n) is 15.3. The van der Waals surface area contributed by atoms with Crippen LogP contribution in [0.5, 0.6) is 0 Å². The lowest BCUT2D eigenvalue weighted by Gasteiger charge is -2.72. The third-order valence-electron chi connectivity index (χ3n) is 13.0. The minimum Gasteiger partial charge on any atom is -0.511 e. The van der Waals surface area contributed by atoms with E-state index in [9.17, 15) is 20.0 Å². The van der Waals surface area contributed by atoms with Gasteiger partial charge in [0.15, 0.2) is 0 Å². The van der Waals surface area contributed by atoms with Crippen molar-refractivity contribution in [2.45, 2.75) is 106 Å². The van der Waals surface area contributed by atoms with Crippen LogP contribution in [0.25, 0.3) is 0 Å². The first kappa shape index (κ1) is 25.0. The van der Waals surface area contributed by atoms with Crippen LogP contribution in [-0.4, -0.2) is 17.2 Å². The summed E-state index contributed by atoms with van der Waals surface area (Å²) in [6.07, 6.45) is 9.16. The summed E-state index contributed by atoms with van der Waals surface area (Å²) in [5, 5.41) is 20.9. The number of hydrogen-bond acceptors (Lipinski definition) is 4. The SMILES string of the molecule is CC1(C)CC[C@]2(C=O)CC[C@]3(C)[C@H](C(=O)C[C@@H]4[C@@]5(C)CC(C#N)=C(O)C(C)(C)[C@@H]5CC[C@]43C)[C@@H]2C1. The maximum Gasteiger partial charge on any atom is 0.137 e. The smallest absolute Gasteiger partial charge is 0.137 e. The lowest BCUT2D eigenvalue weighted by molar-refractivity contribution is -0.228. The van der Waals surface area contributed by atoms with Gasteiger partial charge in [0.05, 0.1) is 11.6 Å². The number of carbonyl (C=O) groups excluding carboxylic acids is 2. The molecule has 0 unspecified atom stereocenters. The van der Waals surface area contributed by atoms with E-state index in [2.05, 4.69) is 54.5 Å². The summed E-state index contributed by atoms with van der Waals surface area (Å²) in [6, 6.07) is 2.32. The second kappa shape index (κ2) is 7.23. The number of nitriles is 1. The fourth-order valence-electron chi connectivity index (χ4n) is 10.9. The minimum absolute atomic E-state index is 0.0307. The van der Waals surface area contributed by atoms with Crippen molar-refractivity contribution in [3.8, 4) is 6.07 Å². The normalized spacial score (nSPS) is 50.2.